The van der Waals surface area contributed by atoms with Crippen molar-refractivity contribution in [3.8, 4) is 0 Å². The molecule has 1 aromatic rings. The monoisotopic (exact) mass is 371 g/mol. The van der Waals surface area contributed by atoms with Gasteiger partial charge in [-0.15, -0.1) is 0 Å². The van der Waals surface area contributed by atoms with E-state index in [0.717, 1.165) is 50.7 Å². The maximum absolute atomic E-state index is 12.0. The summed E-state index contributed by atoms with van der Waals surface area (Å²) < 4.78 is 0. The van der Waals surface area contributed by atoms with Gasteiger partial charge in [-0.05, 0) is 56.5 Å². The first-order valence-electron chi connectivity index (χ1n) is 10.3. The predicted molar refractivity (Wildman–Crippen MR) is 111 cm³/mol. The molecule has 1 unspecified atom stereocenters. The quantitative estimate of drug-likeness (QED) is 0.595. The first-order valence-corrected chi connectivity index (χ1v) is 10.3. The van der Waals surface area contributed by atoms with E-state index in [1.165, 1.54) is 24.9 Å². The number of rotatable bonds is 6. The van der Waals surface area contributed by atoms with Gasteiger partial charge in [0.05, 0.1) is 0 Å². The lowest BCUT2D eigenvalue weighted by Gasteiger charge is -2.27. The molecule has 3 rings (SSSR count). The normalized spacial score (nSPS) is 21.6. The Morgan fingerprint density at radius 3 is 2.67 bits per heavy atom. The highest BCUT2D eigenvalue weighted by Crippen LogP contribution is 2.21. The number of nitrogens with zero attached hydrogens (tertiary/aromatic N) is 3. The summed E-state index contributed by atoms with van der Waals surface area (Å²) in [5.74, 6) is 1.08. The fourth-order valence-corrected chi connectivity index (χ4v) is 4.04. The summed E-state index contributed by atoms with van der Waals surface area (Å²) in [4.78, 5) is 20.8. The Morgan fingerprint density at radius 2 is 1.96 bits per heavy atom. The molecule has 1 amide bonds. The van der Waals surface area contributed by atoms with E-state index in [4.69, 9.17) is 0 Å². The minimum Gasteiger partial charge on any atom is -0.355 e. The fraction of sp³-hybridized carbons (Fsp3) is 0.619. The van der Waals surface area contributed by atoms with Gasteiger partial charge < -0.3 is 15.5 Å². The van der Waals surface area contributed by atoms with Gasteiger partial charge in [0, 0.05) is 44.8 Å². The van der Waals surface area contributed by atoms with E-state index < -0.39 is 0 Å². The maximum Gasteiger partial charge on any atom is 0.226 e. The number of benzene rings is 1. The van der Waals surface area contributed by atoms with Gasteiger partial charge in [0.1, 0.15) is 0 Å². The van der Waals surface area contributed by atoms with Crippen molar-refractivity contribution >= 4 is 17.6 Å². The highest BCUT2D eigenvalue weighted by atomic mass is 16.2. The zero-order valence-corrected chi connectivity index (χ0v) is 16.7. The molecule has 0 aromatic heterocycles. The van der Waals surface area contributed by atoms with Gasteiger partial charge in [0.15, 0.2) is 5.96 Å². The number of guanidine groups is 1. The van der Waals surface area contributed by atoms with Gasteiger partial charge in [0.2, 0.25) is 5.91 Å². The van der Waals surface area contributed by atoms with Crippen LogP contribution in [0.3, 0.4) is 0 Å². The highest BCUT2D eigenvalue weighted by Gasteiger charge is 2.22. The molecule has 1 aromatic carbocycles. The maximum atomic E-state index is 12.0. The lowest BCUT2D eigenvalue weighted by Crippen LogP contribution is -2.44. The van der Waals surface area contributed by atoms with E-state index in [2.05, 4.69) is 39.6 Å². The second-order valence-electron chi connectivity index (χ2n) is 7.40. The van der Waals surface area contributed by atoms with Crippen molar-refractivity contribution in [2.24, 2.45) is 4.99 Å². The number of likely N-dealkylation sites (tertiary alicyclic amines) is 1. The van der Waals surface area contributed by atoms with Crippen molar-refractivity contribution in [2.75, 3.05) is 38.1 Å². The minimum atomic E-state index is 0.241. The second-order valence-corrected chi connectivity index (χ2v) is 7.40. The van der Waals surface area contributed by atoms with Gasteiger partial charge in [-0.1, -0.05) is 19.1 Å². The van der Waals surface area contributed by atoms with Crippen molar-refractivity contribution in [2.45, 2.75) is 51.6 Å². The van der Waals surface area contributed by atoms with Crippen LogP contribution in [0.1, 0.15) is 44.6 Å². The Morgan fingerprint density at radius 1 is 1.15 bits per heavy atom. The molecule has 2 aliphatic heterocycles. The van der Waals surface area contributed by atoms with Gasteiger partial charge in [-0.3, -0.25) is 14.7 Å². The summed E-state index contributed by atoms with van der Waals surface area (Å²) in [6.07, 6.45) is 5.32. The van der Waals surface area contributed by atoms with Crippen LogP contribution in [-0.2, 0) is 11.3 Å². The number of carbonyl (C=O) groups excluding carboxylic acids is 1. The summed E-state index contributed by atoms with van der Waals surface area (Å²) in [5, 5.41) is 6.85. The number of likely N-dealkylation sites (N-methyl/N-ethyl adjacent to an activating group) is 1. The summed E-state index contributed by atoms with van der Waals surface area (Å²) >= 11 is 0. The molecule has 0 bridgehead atoms. The fourth-order valence-electron chi connectivity index (χ4n) is 4.04. The number of anilines is 1. The third-order valence-electron chi connectivity index (χ3n) is 5.67. The summed E-state index contributed by atoms with van der Waals surface area (Å²) in [7, 11) is 1.81. The van der Waals surface area contributed by atoms with Crippen LogP contribution in [0.5, 0.6) is 0 Å². The molecular weight excluding hydrogens is 338 g/mol. The lowest BCUT2D eigenvalue weighted by atomic mass is 10.1. The Hall–Kier alpha value is -2.08. The molecule has 6 nitrogen and oxygen atoms in total. The molecule has 0 saturated carbocycles. The first-order chi connectivity index (χ1) is 13.2. The smallest absolute Gasteiger partial charge is 0.226 e. The number of piperidine rings is 1. The Labute approximate surface area is 163 Å². The van der Waals surface area contributed by atoms with Crippen LogP contribution in [0.4, 0.5) is 5.69 Å². The van der Waals surface area contributed by atoms with Gasteiger partial charge in [-0.2, -0.15) is 0 Å². The van der Waals surface area contributed by atoms with E-state index >= 15 is 0 Å². The standard InChI is InChI=1S/C21H33N5O/c1-3-25-13-6-7-19(25)16-24-21(22-2)23-15-17-9-11-18(12-10-17)26-14-5-4-8-20(26)27/h9-12,19H,3-8,13-16H2,1-2H3,(H2,22,23,24). The lowest BCUT2D eigenvalue weighted by molar-refractivity contribution is -0.119. The average Bonchev–Trinajstić information content (AvgIpc) is 3.17. The number of hydrogen-bond acceptors (Lipinski definition) is 3. The molecular formula is C21H33N5O. The highest BCUT2D eigenvalue weighted by molar-refractivity contribution is 5.93. The van der Waals surface area contributed by atoms with Crippen molar-refractivity contribution in [1.29, 1.82) is 0 Å². The van der Waals surface area contributed by atoms with Crippen LogP contribution in [0, 0.1) is 0 Å². The van der Waals surface area contributed by atoms with Crippen LogP contribution >= 0.6 is 0 Å². The SMILES string of the molecule is CCN1CCCC1CNC(=NC)NCc1ccc(N2CCCCC2=O)cc1. The molecule has 2 heterocycles. The molecule has 0 aliphatic carbocycles. The van der Waals surface area contributed by atoms with Gasteiger partial charge in [-0.25, -0.2) is 0 Å². The summed E-state index contributed by atoms with van der Waals surface area (Å²) in [6.45, 7) is 7.04. The second kappa shape index (κ2) is 9.74. The van der Waals surface area contributed by atoms with Gasteiger partial charge >= 0.3 is 0 Å². The molecule has 2 fully saturated rings. The molecule has 2 aliphatic rings. The molecule has 27 heavy (non-hydrogen) atoms. The zero-order valence-electron chi connectivity index (χ0n) is 16.7. The largest absolute Gasteiger partial charge is 0.355 e. The van der Waals surface area contributed by atoms with Crippen LogP contribution in [0.25, 0.3) is 0 Å². The summed E-state index contributed by atoms with van der Waals surface area (Å²) in [5.41, 5.74) is 2.19. The minimum absolute atomic E-state index is 0.241. The van der Waals surface area contributed by atoms with Crippen LogP contribution in [0.2, 0.25) is 0 Å². The van der Waals surface area contributed by atoms with Crippen LogP contribution < -0.4 is 15.5 Å². The Bertz CT molecular complexity index is 642. The van der Waals surface area contributed by atoms with E-state index in [1.54, 1.807) is 0 Å². The third-order valence-corrected chi connectivity index (χ3v) is 5.67. The van der Waals surface area contributed by atoms with Crippen molar-refractivity contribution in [1.82, 2.24) is 15.5 Å². The third kappa shape index (κ3) is 5.22. The van der Waals surface area contributed by atoms with E-state index in [0.29, 0.717) is 12.5 Å². The average molecular weight is 372 g/mol. The molecule has 2 N–H and O–H groups in total. The molecule has 0 radical (unpaired) electrons. The van der Waals surface area contributed by atoms with Crippen LogP contribution in [-0.4, -0.2) is 56.0 Å². The van der Waals surface area contributed by atoms with E-state index in [9.17, 15) is 4.79 Å². The Kier molecular flexibility index (Phi) is 7.10. The number of nitrogens with one attached hydrogen (secondary N) is 2. The number of hydrogen-bond donors (Lipinski definition) is 2. The zero-order chi connectivity index (χ0) is 19.1. The molecule has 148 valence electrons. The molecule has 2 saturated heterocycles. The van der Waals surface area contributed by atoms with Crippen molar-refractivity contribution < 1.29 is 4.79 Å². The van der Waals surface area contributed by atoms with Gasteiger partial charge in [0.25, 0.3) is 0 Å². The topological polar surface area (TPSA) is 60.0 Å². The Balaban J connectivity index is 1.47. The molecule has 0 spiro atoms. The first kappa shape index (κ1) is 19.7. The predicted octanol–water partition coefficient (Wildman–Crippen LogP) is 2.35. The van der Waals surface area contributed by atoms with E-state index in [1.807, 2.05) is 24.1 Å². The number of amides is 1. The molecule has 1 atom stereocenters. The van der Waals surface area contributed by atoms with Crippen molar-refractivity contribution in [3.63, 3.8) is 0 Å². The number of aliphatic imine (C=N–C) groups is 1. The number of carbonyl (C=O) groups is 1. The molecule has 6 heteroatoms. The van der Waals surface area contributed by atoms with Crippen LogP contribution in [0.15, 0.2) is 29.3 Å². The van der Waals surface area contributed by atoms with Crippen molar-refractivity contribution in [3.05, 3.63) is 29.8 Å². The van der Waals surface area contributed by atoms with E-state index in [-0.39, 0.29) is 5.91 Å². The summed E-state index contributed by atoms with van der Waals surface area (Å²) in [6, 6.07) is 8.89.